The fourth-order valence-corrected chi connectivity index (χ4v) is 2.35. The van der Waals surface area contributed by atoms with Crippen LogP contribution >= 0.6 is 0 Å². The van der Waals surface area contributed by atoms with Gasteiger partial charge in [-0.05, 0) is 65.3 Å². The molecule has 0 bridgehead atoms. The van der Waals surface area contributed by atoms with Gasteiger partial charge in [-0.25, -0.2) is 9.59 Å². The van der Waals surface area contributed by atoms with Crippen LogP contribution < -0.4 is 0 Å². The minimum absolute atomic E-state index is 0.113. The lowest BCUT2D eigenvalue weighted by Crippen LogP contribution is -2.27. The molecule has 8 heteroatoms. The highest BCUT2D eigenvalue weighted by Gasteiger charge is 2.23. The zero-order valence-corrected chi connectivity index (χ0v) is 18.2. The molecule has 0 spiro atoms. The summed E-state index contributed by atoms with van der Waals surface area (Å²) in [5, 5.41) is 10.3. The number of benzene rings is 1. The standard InChI is InChI=1S/C21H31NO7/c1-20(2,3)28-18(25)15-10-14(13-22(27-7)9-8-17(23)24)11-16(12-15)19(26)29-21(4,5)6/h10-12H,8-9,13H2,1-7H3,(H,23,24). The Hall–Kier alpha value is -2.45. The van der Waals surface area contributed by atoms with Crippen LogP contribution in [0.25, 0.3) is 0 Å². The van der Waals surface area contributed by atoms with Crippen molar-refractivity contribution in [3.05, 3.63) is 34.9 Å². The SMILES string of the molecule is CON(CCC(=O)O)Cc1cc(C(=O)OC(C)(C)C)cc(C(=O)OC(C)(C)C)c1. The van der Waals surface area contributed by atoms with Gasteiger partial charge in [0.1, 0.15) is 11.2 Å². The molecule has 0 heterocycles. The summed E-state index contributed by atoms with van der Waals surface area (Å²) in [6, 6.07) is 4.61. The summed E-state index contributed by atoms with van der Waals surface area (Å²) in [6.07, 6.45) is -0.113. The van der Waals surface area contributed by atoms with Crippen molar-refractivity contribution >= 4 is 17.9 Å². The van der Waals surface area contributed by atoms with E-state index in [-0.39, 0.29) is 30.6 Å². The quantitative estimate of drug-likeness (QED) is 0.515. The first kappa shape index (κ1) is 24.6. The van der Waals surface area contributed by atoms with Gasteiger partial charge in [-0.2, -0.15) is 5.06 Å². The highest BCUT2D eigenvalue weighted by atomic mass is 16.7. The molecule has 0 fully saturated rings. The Bertz CT molecular complexity index is 698. The number of carboxylic acid groups (broad SMARTS) is 1. The van der Waals surface area contributed by atoms with E-state index in [1.807, 2.05) is 0 Å². The number of ether oxygens (including phenoxy) is 2. The van der Waals surface area contributed by atoms with Crippen LogP contribution in [0.5, 0.6) is 0 Å². The molecule has 0 aliphatic carbocycles. The van der Waals surface area contributed by atoms with E-state index in [9.17, 15) is 14.4 Å². The molecule has 1 aromatic carbocycles. The lowest BCUT2D eigenvalue weighted by molar-refractivity contribution is -0.153. The number of hydroxylamine groups is 2. The summed E-state index contributed by atoms with van der Waals surface area (Å²) in [7, 11) is 1.42. The molecule has 0 radical (unpaired) electrons. The molecule has 0 unspecified atom stereocenters. The van der Waals surface area contributed by atoms with Crippen molar-refractivity contribution < 1.29 is 33.8 Å². The molecular weight excluding hydrogens is 378 g/mol. The van der Waals surface area contributed by atoms with Crippen LogP contribution in [0.3, 0.4) is 0 Å². The van der Waals surface area contributed by atoms with Gasteiger partial charge in [0.05, 0.1) is 24.7 Å². The second-order valence-electron chi connectivity index (χ2n) is 8.61. The van der Waals surface area contributed by atoms with Gasteiger partial charge in [0.15, 0.2) is 0 Å². The van der Waals surface area contributed by atoms with Crippen molar-refractivity contribution in [3.63, 3.8) is 0 Å². The highest BCUT2D eigenvalue weighted by Crippen LogP contribution is 2.20. The Morgan fingerprint density at radius 3 is 1.69 bits per heavy atom. The van der Waals surface area contributed by atoms with Crippen LogP contribution in [-0.4, -0.2) is 52.9 Å². The van der Waals surface area contributed by atoms with Gasteiger partial charge in [0, 0.05) is 13.1 Å². The average molecular weight is 409 g/mol. The summed E-state index contributed by atoms with van der Waals surface area (Å²) in [6.45, 7) is 10.8. The van der Waals surface area contributed by atoms with E-state index in [1.54, 1.807) is 53.7 Å². The Morgan fingerprint density at radius 2 is 1.34 bits per heavy atom. The third kappa shape index (κ3) is 9.54. The van der Waals surface area contributed by atoms with Crippen LogP contribution in [-0.2, 0) is 25.7 Å². The second-order valence-corrected chi connectivity index (χ2v) is 8.61. The molecule has 29 heavy (non-hydrogen) atoms. The molecule has 0 saturated heterocycles. The maximum Gasteiger partial charge on any atom is 0.338 e. The molecule has 1 N–H and O–H groups in total. The number of carboxylic acids is 1. The fraction of sp³-hybridized carbons (Fsp3) is 0.571. The number of nitrogens with zero attached hydrogens (tertiary/aromatic N) is 1. The molecule has 0 aliphatic rings. The third-order valence-corrected chi connectivity index (χ3v) is 3.45. The molecule has 1 rings (SSSR count). The van der Waals surface area contributed by atoms with Gasteiger partial charge in [0.25, 0.3) is 0 Å². The van der Waals surface area contributed by atoms with Crippen LogP contribution in [0.4, 0.5) is 0 Å². The monoisotopic (exact) mass is 409 g/mol. The number of aliphatic carboxylic acids is 1. The topological polar surface area (TPSA) is 102 Å². The van der Waals surface area contributed by atoms with Crippen molar-refractivity contribution in [3.8, 4) is 0 Å². The van der Waals surface area contributed by atoms with E-state index in [2.05, 4.69) is 0 Å². The Kier molecular flexibility index (Phi) is 8.35. The maximum atomic E-state index is 12.5. The van der Waals surface area contributed by atoms with E-state index in [0.717, 1.165) is 0 Å². The van der Waals surface area contributed by atoms with Crippen molar-refractivity contribution in [2.24, 2.45) is 0 Å². The van der Waals surface area contributed by atoms with E-state index in [4.69, 9.17) is 19.4 Å². The highest BCUT2D eigenvalue weighted by molar-refractivity contribution is 5.96. The maximum absolute atomic E-state index is 12.5. The summed E-state index contributed by atoms with van der Waals surface area (Å²) in [5.74, 6) is -2.10. The molecule has 8 nitrogen and oxygen atoms in total. The lowest BCUT2D eigenvalue weighted by Gasteiger charge is -2.23. The number of esters is 2. The third-order valence-electron chi connectivity index (χ3n) is 3.45. The molecule has 0 saturated carbocycles. The molecule has 0 aliphatic heterocycles. The minimum Gasteiger partial charge on any atom is -0.481 e. The first-order valence-electron chi connectivity index (χ1n) is 9.31. The van der Waals surface area contributed by atoms with Gasteiger partial charge in [0.2, 0.25) is 0 Å². The molecule has 1 aromatic rings. The smallest absolute Gasteiger partial charge is 0.338 e. The number of hydrogen-bond acceptors (Lipinski definition) is 7. The van der Waals surface area contributed by atoms with Crippen LogP contribution in [0.15, 0.2) is 18.2 Å². The first-order chi connectivity index (χ1) is 13.2. The van der Waals surface area contributed by atoms with Crippen molar-refractivity contribution in [2.45, 2.75) is 65.7 Å². The first-order valence-corrected chi connectivity index (χ1v) is 9.31. The van der Waals surface area contributed by atoms with Crippen molar-refractivity contribution in [1.29, 1.82) is 0 Å². The summed E-state index contributed by atoms with van der Waals surface area (Å²) in [4.78, 5) is 41.1. The number of rotatable bonds is 8. The van der Waals surface area contributed by atoms with Crippen molar-refractivity contribution in [1.82, 2.24) is 5.06 Å². The number of carbonyl (C=O) groups excluding carboxylic acids is 2. The van der Waals surface area contributed by atoms with Crippen LogP contribution in [0.2, 0.25) is 0 Å². The Morgan fingerprint density at radius 1 is 0.897 bits per heavy atom. The van der Waals surface area contributed by atoms with Crippen LogP contribution in [0, 0.1) is 0 Å². The summed E-state index contributed by atoms with van der Waals surface area (Å²) < 4.78 is 10.8. The normalized spacial score (nSPS) is 12.0. The Labute approximate surface area is 171 Å². The van der Waals surface area contributed by atoms with E-state index < -0.39 is 29.1 Å². The second kappa shape index (κ2) is 9.84. The predicted molar refractivity (Wildman–Crippen MR) is 106 cm³/mol. The van der Waals surface area contributed by atoms with Gasteiger partial charge in [-0.15, -0.1) is 0 Å². The van der Waals surface area contributed by atoms with E-state index >= 15 is 0 Å². The largest absolute Gasteiger partial charge is 0.481 e. The van der Waals surface area contributed by atoms with Crippen LogP contribution in [0.1, 0.15) is 74.2 Å². The van der Waals surface area contributed by atoms with Gasteiger partial charge >= 0.3 is 17.9 Å². The zero-order chi connectivity index (χ0) is 22.4. The minimum atomic E-state index is -0.955. The summed E-state index contributed by atoms with van der Waals surface area (Å²) >= 11 is 0. The molecular formula is C21H31NO7. The number of carbonyl (C=O) groups is 3. The Balaban J connectivity index is 3.23. The zero-order valence-electron chi connectivity index (χ0n) is 18.2. The summed E-state index contributed by atoms with van der Waals surface area (Å²) in [5.41, 5.74) is -0.403. The molecule has 162 valence electrons. The fourth-order valence-electron chi connectivity index (χ4n) is 2.35. The lowest BCUT2D eigenvalue weighted by atomic mass is 10.0. The molecule has 0 atom stereocenters. The molecule has 0 aromatic heterocycles. The predicted octanol–water partition coefficient (Wildman–Crippen LogP) is 3.44. The average Bonchev–Trinajstić information content (AvgIpc) is 2.55. The number of hydrogen-bond donors (Lipinski definition) is 1. The molecule has 0 amide bonds. The van der Waals surface area contributed by atoms with Crippen molar-refractivity contribution in [2.75, 3.05) is 13.7 Å². The van der Waals surface area contributed by atoms with E-state index in [1.165, 1.54) is 18.2 Å². The van der Waals surface area contributed by atoms with E-state index in [0.29, 0.717) is 5.56 Å². The van der Waals surface area contributed by atoms with Gasteiger partial charge in [-0.3, -0.25) is 4.79 Å². The van der Waals surface area contributed by atoms with Gasteiger partial charge in [-0.1, -0.05) is 0 Å². The van der Waals surface area contributed by atoms with Gasteiger partial charge < -0.3 is 19.4 Å².